The Morgan fingerprint density at radius 1 is 1.28 bits per heavy atom. The summed E-state index contributed by atoms with van der Waals surface area (Å²) in [6, 6.07) is 1.70. The first-order chi connectivity index (χ1) is 13.9. The van der Waals surface area contributed by atoms with Crippen LogP contribution in [0, 0.1) is 0 Å². The smallest absolute Gasteiger partial charge is 0.325 e. The number of fused-ring (bicyclic) bond motifs is 1. The highest BCUT2D eigenvalue weighted by Gasteiger charge is 2.52. The lowest BCUT2D eigenvalue weighted by Gasteiger charge is -2.19. The molecule has 29 heavy (non-hydrogen) atoms. The third-order valence-electron chi connectivity index (χ3n) is 5.69. The number of amides is 4. The maximum atomic E-state index is 12.6. The summed E-state index contributed by atoms with van der Waals surface area (Å²) in [5.74, 6) is -0.317. The number of rotatable bonds is 6. The fourth-order valence-electron chi connectivity index (χ4n) is 4.20. The van der Waals surface area contributed by atoms with Crippen molar-refractivity contribution in [2.75, 3.05) is 11.9 Å². The Morgan fingerprint density at radius 2 is 2.03 bits per heavy atom. The van der Waals surface area contributed by atoms with Crippen molar-refractivity contribution in [1.29, 1.82) is 0 Å². The number of aromatic nitrogens is 3. The molecule has 1 saturated heterocycles. The van der Waals surface area contributed by atoms with Gasteiger partial charge < -0.3 is 10.6 Å². The van der Waals surface area contributed by atoms with E-state index >= 15 is 0 Å². The molecule has 154 valence electrons. The van der Waals surface area contributed by atoms with Crippen molar-refractivity contribution in [2.45, 2.75) is 64.0 Å². The average Bonchev–Trinajstić information content (AvgIpc) is 3.36. The molecule has 4 amide bonds. The van der Waals surface area contributed by atoms with Gasteiger partial charge in [-0.25, -0.2) is 14.5 Å². The van der Waals surface area contributed by atoms with Gasteiger partial charge in [-0.1, -0.05) is 12.8 Å². The molecule has 0 aromatic carbocycles. The molecule has 1 aliphatic heterocycles. The summed E-state index contributed by atoms with van der Waals surface area (Å²) >= 11 is 0. The fourth-order valence-corrected chi connectivity index (χ4v) is 4.20. The van der Waals surface area contributed by atoms with E-state index in [1.165, 1.54) is 4.90 Å². The van der Waals surface area contributed by atoms with Crippen LogP contribution in [0.25, 0.3) is 11.0 Å². The molecule has 1 aliphatic carbocycles. The molecular formula is C20H26N6O3. The van der Waals surface area contributed by atoms with Crippen molar-refractivity contribution in [3.8, 4) is 0 Å². The van der Waals surface area contributed by atoms with Gasteiger partial charge in [0.1, 0.15) is 5.54 Å². The third kappa shape index (κ3) is 3.56. The number of hydrogen-bond donors (Lipinski definition) is 2. The van der Waals surface area contributed by atoms with E-state index in [2.05, 4.69) is 20.7 Å². The van der Waals surface area contributed by atoms with Gasteiger partial charge >= 0.3 is 6.03 Å². The molecule has 4 rings (SSSR count). The summed E-state index contributed by atoms with van der Waals surface area (Å²) < 4.78 is 1.83. The van der Waals surface area contributed by atoms with E-state index in [9.17, 15) is 14.4 Å². The van der Waals surface area contributed by atoms with Gasteiger partial charge in [0, 0.05) is 24.4 Å². The Kier molecular flexibility index (Phi) is 4.97. The number of nitrogens with one attached hydrogen (secondary N) is 2. The van der Waals surface area contributed by atoms with Crippen LogP contribution in [0.4, 0.5) is 10.5 Å². The summed E-state index contributed by atoms with van der Waals surface area (Å²) in [5.41, 5.74) is 0.684. The Balaban J connectivity index is 1.31. The minimum absolute atomic E-state index is 0.141. The van der Waals surface area contributed by atoms with E-state index in [0.29, 0.717) is 24.9 Å². The van der Waals surface area contributed by atoms with Crippen LogP contribution in [0.15, 0.2) is 18.5 Å². The molecule has 3 heterocycles. The molecule has 2 aromatic rings. The van der Waals surface area contributed by atoms with Crippen molar-refractivity contribution in [3.63, 3.8) is 0 Å². The van der Waals surface area contributed by atoms with Crippen molar-refractivity contribution >= 4 is 34.6 Å². The maximum absolute atomic E-state index is 12.6. The van der Waals surface area contributed by atoms with Crippen LogP contribution in [0.1, 0.15) is 58.4 Å². The van der Waals surface area contributed by atoms with E-state index < -0.39 is 5.54 Å². The van der Waals surface area contributed by atoms with Gasteiger partial charge in [-0.2, -0.15) is 5.10 Å². The standard InChI is InChI=1S/C20H26N6O3/c1-13(2)26-17-14(11-22-26)10-15(12-21-17)23-16(27)6-5-9-25-18(28)20(24-19(25)29)7-3-4-8-20/h10-13H,3-9H2,1-2H3,(H,23,27)(H,24,29). The molecule has 9 nitrogen and oxygen atoms in total. The third-order valence-corrected chi connectivity index (χ3v) is 5.69. The number of imide groups is 1. The van der Waals surface area contributed by atoms with E-state index in [1.807, 2.05) is 24.6 Å². The molecule has 2 aliphatic rings. The summed E-state index contributed by atoms with van der Waals surface area (Å²) in [5, 5.41) is 10.9. The van der Waals surface area contributed by atoms with Crippen LogP contribution < -0.4 is 10.6 Å². The number of urea groups is 1. The first kappa shape index (κ1) is 19.4. The van der Waals surface area contributed by atoms with Crippen LogP contribution >= 0.6 is 0 Å². The normalized spacial score (nSPS) is 18.2. The van der Waals surface area contributed by atoms with Crippen LogP contribution in [-0.2, 0) is 9.59 Å². The zero-order valence-corrected chi connectivity index (χ0v) is 16.8. The lowest BCUT2D eigenvalue weighted by atomic mass is 9.98. The molecule has 1 spiro atoms. The average molecular weight is 398 g/mol. The van der Waals surface area contributed by atoms with Gasteiger partial charge in [-0.15, -0.1) is 0 Å². The van der Waals surface area contributed by atoms with Gasteiger partial charge in [-0.3, -0.25) is 14.5 Å². The summed E-state index contributed by atoms with van der Waals surface area (Å²) in [4.78, 5) is 42.7. The fraction of sp³-hybridized carbons (Fsp3) is 0.550. The Hall–Kier alpha value is -2.97. The largest absolute Gasteiger partial charge is 0.325 e. The molecule has 9 heteroatoms. The summed E-state index contributed by atoms with van der Waals surface area (Å²) in [7, 11) is 0. The molecule has 0 unspecified atom stereocenters. The van der Waals surface area contributed by atoms with Gasteiger partial charge in [0.25, 0.3) is 5.91 Å². The second-order valence-electron chi connectivity index (χ2n) is 8.15. The number of nitrogens with zero attached hydrogens (tertiary/aromatic N) is 4. The number of carbonyl (C=O) groups excluding carboxylic acids is 3. The highest BCUT2D eigenvalue weighted by molar-refractivity contribution is 6.07. The molecular weight excluding hydrogens is 372 g/mol. The zero-order chi connectivity index (χ0) is 20.6. The minimum Gasteiger partial charge on any atom is -0.325 e. The lowest BCUT2D eigenvalue weighted by Crippen LogP contribution is -2.44. The van der Waals surface area contributed by atoms with E-state index in [-0.39, 0.29) is 36.9 Å². The summed E-state index contributed by atoms with van der Waals surface area (Å²) in [6.07, 6.45) is 7.30. The second-order valence-corrected chi connectivity index (χ2v) is 8.15. The quantitative estimate of drug-likeness (QED) is 0.727. The minimum atomic E-state index is -0.694. The van der Waals surface area contributed by atoms with Crippen LogP contribution in [0.2, 0.25) is 0 Å². The number of carbonyl (C=O) groups is 3. The van der Waals surface area contributed by atoms with Gasteiger partial charge in [0.15, 0.2) is 5.65 Å². The Morgan fingerprint density at radius 3 is 2.76 bits per heavy atom. The van der Waals surface area contributed by atoms with Crippen LogP contribution in [-0.4, -0.2) is 49.6 Å². The first-order valence-electron chi connectivity index (χ1n) is 10.2. The molecule has 0 radical (unpaired) electrons. The second kappa shape index (κ2) is 7.46. The number of pyridine rings is 1. The highest BCUT2D eigenvalue weighted by atomic mass is 16.2. The first-order valence-corrected chi connectivity index (χ1v) is 10.2. The molecule has 1 saturated carbocycles. The molecule has 2 fully saturated rings. The SMILES string of the molecule is CC(C)n1ncc2cc(NC(=O)CCCN3C(=O)NC4(CCCC4)C3=O)cnc21. The van der Waals surface area contributed by atoms with Crippen LogP contribution in [0.3, 0.4) is 0 Å². The highest BCUT2D eigenvalue weighted by Crippen LogP contribution is 2.35. The Bertz CT molecular complexity index is 960. The topological polar surface area (TPSA) is 109 Å². The van der Waals surface area contributed by atoms with Gasteiger partial charge in [0.2, 0.25) is 5.91 Å². The predicted octanol–water partition coefficient (Wildman–Crippen LogP) is 2.60. The van der Waals surface area contributed by atoms with Gasteiger partial charge in [-0.05, 0) is 39.2 Å². The van der Waals surface area contributed by atoms with Crippen molar-refractivity contribution < 1.29 is 14.4 Å². The molecule has 2 N–H and O–H groups in total. The Labute approximate surface area is 168 Å². The molecule has 0 bridgehead atoms. The van der Waals surface area contributed by atoms with Crippen molar-refractivity contribution in [3.05, 3.63) is 18.5 Å². The summed E-state index contributed by atoms with van der Waals surface area (Å²) in [6.45, 7) is 4.31. The maximum Gasteiger partial charge on any atom is 0.325 e. The van der Waals surface area contributed by atoms with Crippen LogP contribution in [0.5, 0.6) is 0 Å². The van der Waals surface area contributed by atoms with Gasteiger partial charge in [0.05, 0.1) is 18.1 Å². The van der Waals surface area contributed by atoms with E-state index in [1.54, 1.807) is 12.4 Å². The van der Waals surface area contributed by atoms with E-state index in [4.69, 9.17) is 0 Å². The zero-order valence-electron chi connectivity index (χ0n) is 16.8. The van der Waals surface area contributed by atoms with Crippen molar-refractivity contribution in [1.82, 2.24) is 25.0 Å². The van der Waals surface area contributed by atoms with E-state index in [0.717, 1.165) is 23.9 Å². The van der Waals surface area contributed by atoms with Crippen molar-refractivity contribution in [2.24, 2.45) is 0 Å². The number of anilines is 1. The lowest BCUT2D eigenvalue weighted by molar-refractivity contribution is -0.131. The predicted molar refractivity (Wildman–Crippen MR) is 107 cm³/mol. The number of hydrogen-bond acceptors (Lipinski definition) is 5. The monoisotopic (exact) mass is 398 g/mol. The molecule has 0 atom stereocenters. The molecule has 2 aromatic heterocycles.